The molecular weight excluding hydrogens is 1260 g/mol. The van der Waals surface area contributed by atoms with Crippen LogP contribution in [0.3, 0.4) is 0 Å². The minimum Gasteiger partial charge on any atom is -0.462 e. The molecule has 0 radical (unpaired) electrons. The molecule has 0 aromatic carbocycles. The van der Waals surface area contributed by atoms with Crippen molar-refractivity contribution in [3.05, 3.63) is 109 Å². The molecule has 0 spiro atoms. The van der Waals surface area contributed by atoms with Crippen LogP contribution in [-0.2, 0) is 65.4 Å². The molecule has 0 aliphatic heterocycles. The van der Waals surface area contributed by atoms with E-state index in [0.29, 0.717) is 25.7 Å². The second-order valence-electron chi connectivity index (χ2n) is 24.5. The third-order valence-corrected chi connectivity index (χ3v) is 17.1. The molecule has 5 atom stereocenters. The summed E-state index contributed by atoms with van der Waals surface area (Å²) >= 11 is 0. The summed E-state index contributed by atoms with van der Waals surface area (Å²) in [7, 11) is -9.95. The van der Waals surface area contributed by atoms with Gasteiger partial charge in [-0.3, -0.25) is 37.3 Å². The lowest BCUT2D eigenvalue weighted by Gasteiger charge is -2.21. The van der Waals surface area contributed by atoms with Gasteiger partial charge in [-0.25, -0.2) is 9.13 Å². The van der Waals surface area contributed by atoms with Gasteiger partial charge in [0.2, 0.25) is 0 Å². The summed E-state index contributed by atoms with van der Waals surface area (Å²) in [6.45, 7) is 4.53. The molecule has 0 bridgehead atoms. The Balaban J connectivity index is 5.32. The SMILES string of the molecule is CC/C=C\C/C=C\C/C=C\C/C=C\CCCCCCCCC(=O)OCC(COP(=O)(O)OCC(O)COP(=O)(O)OCC(COC(=O)CCCCCCC/C=C\C/C=C\CCC)OC(=O)CCCCCCC/C=C\C/C=C\CCC)OC(=O)CCCCCCC/C=C\CCCC. The lowest BCUT2D eigenvalue weighted by molar-refractivity contribution is -0.161. The molecule has 0 amide bonds. The molecule has 17 nitrogen and oxygen atoms in total. The van der Waals surface area contributed by atoms with Crippen LogP contribution in [0.15, 0.2) is 109 Å². The van der Waals surface area contributed by atoms with E-state index in [0.717, 1.165) is 205 Å². The molecular formula is C77H132O17P2. The second kappa shape index (κ2) is 69.2. The third-order valence-electron chi connectivity index (χ3n) is 15.2. The van der Waals surface area contributed by atoms with E-state index >= 15 is 0 Å². The standard InChI is InChI=1S/C77H132O17P2/c1-5-9-13-17-21-25-29-32-33-34-35-36-37-40-43-46-50-54-58-62-75(80)88-67-72(93-76(81)63-59-55-51-47-41-28-24-20-16-12-8-4)69-91-95(83,84)89-65-71(78)66-90-96(85,86)92-70-73(94-77(82)64-60-56-52-48-44-39-31-27-23-19-15-11-7-3)68-87-74(79)61-57-53-49-45-42-38-30-26-22-18-14-10-6-2/h9,13-15,18-21,24-27,30-33,35-36,71-73,78H,5-8,10-12,16-17,22-23,28-29,34,37-70H2,1-4H3,(H,83,84)(H,85,86)/b13-9-,18-14-,19-15-,24-20-,25-21-,30-26-,31-27-,33-32-,36-35-. The minimum absolute atomic E-state index is 0.0747. The first-order valence-electron chi connectivity index (χ1n) is 37.1. The predicted octanol–water partition coefficient (Wildman–Crippen LogP) is 21.0. The highest BCUT2D eigenvalue weighted by atomic mass is 31.2. The Hall–Kier alpha value is -4.28. The maximum atomic E-state index is 13.0. The fourth-order valence-electron chi connectivity index (χ4n) is 9.50. The first-order valence-corrected chi connectivity index (χ1v) is 40.1. The Morgan fingerprint density at radius 3 is 0.885 bits per heavy atom. The quantitative estimate of drug-likeness (QED) is 0.0169. The summed E-state index contributed by atoms with van der Waals surface area (Å²) in [5.74, 6) is -2.23. The Morgan fingerprint density at radius 2 is 0.562 bits per heavy atom. The van der Waals surface area contributed by atoms with E-state index in [1.165, 1.54) is 12.8 Å². The van der Waals surface area contributed by atoms with Crippen molar-refractivity contribution in [1.29, 1.82) is 0 Å². The van der Waals surface area contributed by atoms with Crippen molar-refractivity contribution in [3.8, 4) is 0 Å². The van der Waals surface area contributed by atoms with Crippen LogP contribution in [0, 0.1) is 0 Å². The highest BCUT2D eigenvalue weighted by molar-refractivity contribution is 7.47. The number of ether oxygens (including phenoxy) is 4. The molecule has 552 valence electrons. The molecule has 0 aromatic rings. The molecule has 0 fully saturated rings. The van der Waals surface area contributed by atoms with Crippen molar-refractivity contribution in [2.75, 3.05) is 39.6 Å². The van der Waals surface area contributed by atoms with Crippen LogP contribution in [0.2, 0.25) is 0 Å². The van der Waals surface area contributed by atoms with E-state index in [4.69, 9.17) is 37.0 Å². The number of aliphatic hydroxyl groups excluding tert-OH is 1. The van der Waals surface area contributed by atoms with Crippen molar-refractivity contribution in [3.63, 3.8) is 0 Å². The van der Waals surface area contributed by atoms with Gasteiger partial charge in [0.15, 0.2) is 12.2 Å². The summed E-state index contributed by atoms with van der Waals surface area (Å²) in [5.41, 5.74) is 0. The van der Waals surface area contributed by atoms with Crippen LogP contribution in [-0.4, -0.2) is 96.7 Å². The van der Waals surface area contributed by atoms with Gasteiger partial charge in [-0.15, -0.1) is 0 Å². The van der Waals surface area contributed by atoms with Crippen molar-refractivity contribution < 1.29 is 80.2 Å². The van der Waals surface area contributed by atoms with Crippen LogP contribution in [0.4, 0.5) is 0 Å². The van der Waals surface area contributed by atoms with Crippen molar-refractivity contribution in [2.45, 2.75) is 316 Å². The third kappa shape index (κ3) is 68.3. The average molecular weight is 1390 g/mol. The maximum Gasteiger partial charge on any atom is 0.472 e. The number of allylic oxidation sites excluding steroid dienone is 18. The average Bonchev–Trinajstić information content (AvgIpc) is 1.11. The van der Waals surface area contributed by atoms with Gasteiger partial charge < -0.3 is 33.8 Å². The summed E-state index contributed by atoms with van der Waals surface area (Å²) in [4.78, 5) is 72.7. The number of esters is 4. The minimum atomic E-state index is -4.98. The molecule has 19 heteroatoms. The molecule has 5 unspecified atom stereocenters. The topological polar surface area (TPSA) is 237 Å². The lowest BCUT2D eigenvalue weighted by Crippen LogP contribution is -2.30. The first-order chi connectivity index (χ1) is 46.7. The van der Waals surface area contributed by atoms with Crippen molar-refractivity contribution in [1.82, 2.24) is 0 Å². The highest BCUT2D eigenvalue weighted by Crippen LogP contribution is 2.45. The van der Waals surface area contributed by atoms with Gasteiger partial charge in [0, 0.05) is 25.7 Å². The smallest absolute Gasteiger partial charge is 0.462 e. The Labute approximate surface area is 581 Å². The molecule has 0 saturated heterocycles. The van der Waals surface area contributed by atoms with E-state index in [1.54, 1.807) is 0 Å². The summed E-state index contributed by atoms with van der Waals surface area (Å²) in [6, 6.07) is 0. The number of phosphoric ester groups is 2. The van der Waals surface area contributed by atoms with Gasteiger partial charge in [0.1, 0.15) is 19.3 Å². The monoisotopic (exact) mass is 1390 g/mol. The van der Waals surface area contributed by atoms with E-state index in [-0.39, 0.29) is 25.7 Å². The van der Waals surface area contributed by atoms with E-state index in [2.05, 4.69) is 137 Å². The summed E-state index contributed by atoms with van der Waals surface area (Å²) in [6.07, 6.45) is 72.3. The Kier molecular flexibility index (Phi) is 66.1. The number of aliphatic hydroxyl groups is 1. The molecule has 0 aliphatic carbocycles. The van der Waals surface area contributed by atoms with Crippen LogP contribution in [0.5, 0.6) is 0 Å². The van der Waals surface area contributed by atoms with Gasteiger partial charge >= 0.3 is 39.5 Å². The molecule has 3 N–H and O–H groups in total. The highest BCUT2D eigenvalue weighted by Gasteiger charge is 2.30. The normalized spacial score (nSPS) is 14.6. The molecule has 0 rings (SSSR count). The number of hydrogen-bond acceptors (Lipinski definition) is 15. The predicted molar refractivity (Wildman–Crippen MR) is 390 cm³/mol. The molecule has 96 heavy (non-hydrogen) atoms. The van der Waals surface area contributed by atoms with Gasteiger partial charge in [-0.2, -0.15) is 0 Å². The fraction of sp³-hybridized carbons (Fsp3) is 0.714. The molecule has 0 aromatic heterocycles. The number of hydrogen-bond donors (Lipinski definition) is 3. The van der Waals surface area contributed by atoms with E-state index in [1.807, 2.05) is 0 Å². The van der Waals surface area contributed by atoms with Gasteiger partial charge in [-0.1, -0.05) is 246 Å². The van der Waals surface area contributed by atoms with Crippen LogP contribution < -0.4 is 0 Å². The maximum absolute atomic E-state index is 13.0. The Bertz CT molecular complexity index is 2250. The number of carbonyl (C=O) groups excluding carboxylic acids is 4. The number of phosphoric acid groups is 2. The summed E-state index contributed by atoms with van der Waals surface area (Å²) < 4.78 is 68.3. The number of unbranched alkanes of at least 4 members (excludes halogenated alkanes) is 25. The van der Waals surface area contributed by atoms with Gasteiger partial charge in [0.25, 0.3) is 0 Å². The molecule has 0 heterocycles. The zero-order chi connectivity index (χ0) is 70.4. The first kappa shape index (κ1) is 91.7. The largest absolute Gasteiger partial charge is 0.472 e. The van der Waals surface area contributed by atoms with Gasteiger partial charge in [-0.05, 0) is 135 Å². The zero-order valence-electron chi connectivity index (χ0n) is 60.0. The Morgan fingerprint density at radius 1 is 0.302 bits per heavy atom. The number of carbonyl (C=O) groups is 4. The fourth-order valence-corrected chi connectivity index (χ4v) is 11.1. The van der Waals surface area contributed by atoms with Gasteiger partial charge in [0.05, 0.1) is 26.4 Å². The van der Waals surface area contributed by atoms with Crippen LogP contribution in [0.1, 0.15) is 297 Å². The lowest BCUT2D eigenvalue weighted by atomic mass is 10.1. The molecule has 0 saturated carbocycles. The van der Waals surface area contributed by atoms with Crippen molar-refractivity contribution >= 4 is 39.5 Å². The van der Waals surface area contributed by atoms with Crippen LogP contribution in [0.25, 0.3) is 0 Å². The van der Waals surface area contributed by atoms with Crippen LogP contribution >= 0.6 is 15.6 Å². The van der Waals surface area contributed by atoms with Crippen molar-refractivity contribution in [2.24, 2.45) is 0 Å². The second-order valence-corrected chi connectivity index (χ2v) is 27.4. The van der Waals surface area contributed by atoms with E-state index in [9.17, 15) is 43.2 Å². The van der Waals surface area contributed by atoms with E-state index < -0.39 is 97.5 Å². The molecule has 0 aliphatic rings. The number of rotatable bonds is 69. The summed E-state index contributed by atoms with van der Waals surface area (Å²) in [5, 5.41) is 10.6. The zero-order valence-corrected chi connectivity index (χ0v) is 61.8.